The van der Waals surface area contributed by atoms with E-state index in [1.54, 1.807) is 18.4 Å². The standard InChI is InChI=1S/C10H17NO2/c1-7(2)6-8(11)10(12)9-4-3-5-13-9/h3-5,7-8,10,12H,6,11H2,1-2H3. The Morgan fingerprint density at radius 3 is 2.69 bits per heavy atom. The Morgan fingerprint density at radius 1 is 1.54 bits per heavy atom. The number of hydrogen-bond donors (Lipinski definition) is 2. The highest BCUT2D eigenvalue weighted by molar-refractivity contribution is 5.04. The van der Waals surface area contributed by atoms with E-state index in [-0.39, 0.29) is 6.04 Å². The Hall–Kier alpha value is -0.800. The first-order chi connectivity index (χ1) is 6.11. The number of aliphatic hydroxyl groups excluding tert-OH is 1. The van der Waals surface area contributed by atoms with Crippen LogP contribution in [0.4, 0.5) is 0 Å². The summed E-state index contributed by atoms with van der Waals surface area (Å²) in [6.45, 7) is 4.16. The van der Waals surface area contributed by atoms with Crippen LogP contribution in [0, 0.1) is 5.92 Å². The number of rotatable bonds is 4. The van der Waals surface area contributed by atoms with Crippen molar-refractivity contribution in [2.75, 3.05) is 0 Å². The molecule has 74 valence electrons. The van der Waals surface area contributed by atoms with Crippen LogP contribution >= 0.6 is 0 Å². The third-order valence-electron chi connectivity index (χ3n) is 1.98. The Morgan fingerprint density at radius 2 is 2.23 bits per heavy atom. The number of furan rings is 1. The predicted molar refractivity (Wildman–Crippen MR) is 51.1 cm³/mol. The van der Waals surface area contributed by atoms with E-state index in [1.165, 1.54) is 0 Å². The number of nitrogens with two attached hydrogens (primary N) is 1. The molecule has 13 heavy (non-hydrogen) atoms. The Labute approximate surface area is 78.5 Å². The van der Waals surface area contributed by atoms with Crippen LogP contribution in [-0.2, 0) is 0 Å². The fraction of sp³-hybridized carbons (Fsp3) is 0.600. The maximum Gasteiger partial charge on any atom is 0.133 e. The van der Waals surface area contributed by atoms with Gasteiger partial charge in [-0.1, -0.05) is 13.8 Å². The lowest BCUT2D eigenvalue weighted by atomic mass is 9.99. The van der Waals surface area contributed by atoms with Crippen molar-refractivity contribution >= 4 is 0 Å². The average Bonchev–Trinajstić information content (AvgIpc) is 2.53. The monoisotopic (exact) mass is 183 g/mol. The number of hydrogen-bond acceptors (Lipinski definition) is 3. The molecule has 0 aliphatic carbocycles. The lowest BCUT2D eigenvalue weighted by molar-refractivity contribution is 0.112. The van der Waals surface area contributed by atoms with Gasteiger partial charge in [-0.05, 0) is 24.5 Å². The summed E-state index contributed by atoms with van der Waals surface area (Å²) in [5.41, 5.74) is 5.80. The molecule has 3 nitrogen and oxygen atoms in total. The summed E-state index contributed by atoms with van der Waals surface area (Å²) < 4.78 is 5.07. The fourth-order valence-corrected chi connectivity index (χ4v) is 1.34. The minimum atomic E-state index is -0.683. The highest BCUT2D eigenvalue weighted by Crippen LogP contribution is 2.19. The summed E-state index contributed by atoms with van der Waals surface area (Å²) in [4.78, 5) is 0. The zero-order chi connectivity index (χ0) is 9.84. The molecule has 1 heterocycles. The topological polar surface area (TPSA) is 59.4 Å². The minimum absolute atomic E-state index is 0.244. The molecule has 3 N–H and O–H groups in total. The summed E-state index contributed by atoms with van der Waals surface area (Å²) in [6, 6.07) is 3.25. The van der Waals surface area contributed by atoms with E-state index in [4.69, 9.17) is 10.2 Å². The molecule has 0 saturated heterocycles. The van der Waals surface area contributed by atoms with Crippen LogP contribution in [0.3, 0.4) is 0 Å². The van der Waals surface area contributed by atoms with Crippen molar-refractivity contribution in [1.82, 2.24) is 0 Å². The van der Waals surface area contributed by atoms with Crippen molar-refractivity contribution in [3.63, 3.8) is 0 Å². The molecule has 3 heteroatoms. The molecule has 2 atom stereocenters. The van der Waals surface area contributed by atoms with Gasteiger partial charge >= 0.3 is 0 Å². The first kappa shape index (κ1) is 10.3. The maximum atomic E-state index is 9.71. The Balaban J connectivity index is 2.52. The van der Waals surface area contributed by atoms with Crippen LogP contribution in [0.1, 0.15) is 32.1 Å². The van der Waals surface area contributed by atoms with E-state index < -0.39 is 6.10 Å². The van der Waals surface area contributed by atoms with Gasteiger partial charge in [-0.25, -0.2) is 0 Å². The summed E-state index contributed by atoms with van der Waals surface area (Å²) >= 11 is 0. The van der Waals surface area contributed by atoms with Crippen molar-refractivity contribution < 1.29 is 9.52 Å². The zero-order valence-electron chi connectivity index (χ0n) is 8.10. The molecule has 1 aromatic rings. The van der Waals surface area contributed by atoms with Crippen molar-refractivity contribution in [2.24, 2.45) is 11.7 Å². The molecule has 0 saturated carbocycles. The van der Waals surface area contributed by atoms with Crippen LogP contribution in [0.25, 0.3) is 0 Å². The Kier molecular flexibility index (Phi) is 3.51. The first-order valence-electron chi connectivity index (χ1n) is 4.58. The molecule has 0 radical (unpaired) electrons. The van der Waals surface area contributed by atoms with Crippen LogP contribution in [0.5, 0.6) is 0 Å². The minimum Gasteiger partial charge on any atom is -0.467 e. The summed E-state index contributed by atoms with van der Waals surface area (Å²) in [7, 11) is 0. The largest absolute Gasteiger partial charge is 0.467 e. The van der Waals surface area contributed by atoms with Gasteiger partial charge in [0.2, 0.25) is 0 Å². The van der Waals surface area contributed by atoms with Gasteiger partial charge in [0.05, 0.1) is 6.26 Å². The molecule has 0 aliphatic heterocycles. The van der Waals surface area contributed by atoms with Gasteiger partial charge in [0, 0.05) is 6.04 Å². The highest BCUT2D eigenvalue weighted by atomic mass is 16.4. The van der Waals surface area contributed by atoms with Crippen LogP contribution in [0.15, 0.2) is 22.8 Å². The quantitative estimate of drug-likeness (QED) is 0.746. The second-order valence-electron chi connectivity index (χ2n) is 3.75. The highest BCUT2D eigenvalue weighted by Gasteiger charge is 2.19. The van der Waals surface area contributed by atoms with E-state index >= 15 is 0 Å². The first-order valence-corrected chi connectivity index (χ1v) is 4.58. The molecule has 0 aliphatic rings. The van der Waals surface area contributed by atoms with Gasteiger partial charge in [-0.3, -0.25) is 0 Å². The van der Waals surface area contributed by atoms with Gasteiger partial charge in [0.25, 0.3) is 0 Å². The van der Waals surface area contributed by atoms with Crippen molar-refractivity contribution in [1.29, 1.82) is 0 Å². The summed E-state index contributed by atoms with van der Waals surface area (Å²) in [5, 5.41) is 9.71. The normalized spacial score (nSPS) is 16.1. The average molecular weight is 183 g/mol. The van der Waals surface area contributed by atoms with Crippen molar-refractivity contribution in [2.45, 2.75) is 32.4 Å². The van der Waals surface area contributed by atoms with E-state index in [2.05, 4.69) is 13.8 Å². The zero-order valence-corrected chi connectivity index (χ0v) is 8.10. The van der Waals surface area contributed by atoms with Gasteiger partial charge < -0.3 is 15.3 Å². The molecule has 0 amide bonds. The molecular weight excluding hydrogens is 166 g/mol. The maximum absolute atomic E-state index is 9.71. The molecular formula is C10H17NO2. The third kappa shape index (κ3) is 2.86. The third-order valence-corrected chi connectivity index (χ3v) is 1.98. The van der Waals surface area contributed by atoms with Gasteiger partial charge in [0.1, 0.15) is 11.9 Å². The van der Waals surface area contributed by atoms with Crippen LogP contribution in [-0.4, -0.2) is 11.1 Å². The smallest absolute Gasteiger partial charge is 0.133 e. The second-order valence-corrected chi connectivity index (χ2v) is 3.75. The van der Waals surface area contributed by atoms with E-state index in [0.717, 1.165) is 6.42 Å². The van der Waals surface area contributed by atoms with E-state index in [9.17, 15) is 5.11 Å². The lowest BCUT2D eigenvalue weighted by Gasteiger charge is -2.18. The predicted octanol–water partition coefficient (Wildman–Crippen LogP) is 1.69. The van der Waals surface area contributed by atoms with Gasteiger partial charge in [-0.2, -0.15) is 0 Å². The second kappa shape index (κ2) is 4.44. The number of aliphatic hydroxyl groups is 1. The van der Waals surface area contributed by atoms with E-state index in [0.29, 0.717) is 11.7 Å². The molecule has 2 unspecified atom stereocenters. The lowest BCUT2D eigenvalue weighted by Crippen LogP contribution is -2.29. The van der Waals surface area contributed by atoms with Gasteiger partial charge in [0.15, 0.2) is 0 Å². The summed E-state index contributed by atoms with van der Waals surface area (Å²) in [5.74, 6) is 1.03. The molecule has 0 spiro atoms. The fourth-order valence-electron chi connectivity index (χ4n) is 1.34. The van der Waals surface area contributed by atoms with Crippen molar-refractivity contribution in [3.8, 4) is 0 Å². The van der Waals surface area contributed by atoms with E-state index in [1.807, 2.05) is 0 Å². The molecule has 1 rings (SSSR count). The Bertz CT molecular complexity index is 231. The van der Waals surface area contributed by atoms with Gasteiger partial charge in [-0.15, -0.1) is 0 Å². The summed E-state index contributed by atoms with van der Waals surface area (Å²) in [6.07, 6.45) is 1.65. The SMILES string of the molecule is CC(C)CC(N)C(O)c1ccco1. The van der Waals surface area contributed by atoms with Crippen LogP contribution in [0.2, 0.25) is 0 Å². The van der Waals surface area contributed by atoms with Crippen LogP contribution < -0.4 is 5.73 Å². The molecule has 0 bridgehead atoms. The molecule has 1 aromatic heterocycles. The molecule has 0 aromatic carbocycles. The molecule has 0 fully saturated rings. The van der Waals surface area contributed by atoms with Crippen molar-refractivity contribution in [3.05, 3.63) is 24.2 Å².